The molecular formula is C12H18O. The van der Waals surface area contributed by atoms with Gasteiger partial charge in [-0.05, 0) is 31.6 Å². The van der Waals surface area contributed by atoms with Gasteiger partial charge in [0.2, 0.25) is 0 Å². The molecule has 0 radical (unpaired) electrons. The largest absolute Gasteiger partial charge is 0.393 e. The van der Waals surface area contributed by atoms with E-state index in [-0.39, 0.29) is 6.10 Å². The van der Waals surface area contributed by atoms with Crippen molar-refractivity contribution in [2.45, 2.75) is 51.0 Å². The summed E-state index contributed by atoms with van der Waals surface area (Å²) in [5.74, 6) is 7.68. The summed E-state index contributed by atoms with van der Waals surface area (Å²) in [6.07, 6.45) is 8.14. The molecule has 0 aromatic rings. The quantitative estimate of drug-likeness (QED) is 0.611. The second-order valence-electron chi connectivity index (χ2n) is 4.41. The molecule has 0 aromatic heterocycles. The Morgan fingerprint density at radius 1 is 1.08 bits per heavy atom. The van der Waals surface area contributed by atoms with Crippen molar-refractivity contribution in [3.8, 4) is 11.8 Å². The zero-order chi connectivity index (χ0) is 9.10. The highest BCUT2D eigenvalue weighted by Gasteiger charge is 2.22. The highest BCUT2D eigenvalue weighted by Crippen LogP contribution is 2.29. The molecule has 0 aromatic carbocycles. The normalized spacial score (nSPS) is 33.6. The van der Waals surface area contributed by atoms with Crippen molar-refractivity contribution in [2.75, 3.05) is 0 Å². The number of aliphatic hydroxyl groups is 1. The van der Waals surface area contributed by atoms with Gasteiger partial charge in [0, 0.05) is 12.3 Å². The van der Waals surface area contributed by atoms with Crippen LogP contribution in [0.5, 0.6) is 0 Å². The lowest BCUT2D eigenvalue weighted by molar-refractivity contribution is 0.0724. The first-order chi connectivity index (χ1) is 6.36. The highest BCUT2D eigenvalue weighted by atomic mass is 16.3. The Morgan fingerprint density at radius 2 is 1.85 bits per heavy atom. The van der Waals surface area contributed by atoms with Crippen molar-refractivity contribution < 1.29 is 5.11 Å². The molecule has 2 atom stereocenters. The van der Waals surface area contributed by atoms with Gasteiger partial charge < -0.3 is 5.11 Å². The molecule has 0 unspecified atom stereocenters. The van der Waals surface area contributed by atoms with Gasteiger partial charge in [0.15, 0.2) is 0 Å². The van der Waals surface area contributed by atoms with Gasteiger partial charge in [0.25, 0.3) is 0 Å². The van der Waals surface area contributed by atoms with E-state index in [1.165, 1.54) is 32.1 Å². The molecule has 0 bridgehead atoms. The highest BCUT2D eigenvalue weighted by molar-refractivity contribution is 5.09. The summed E-state index contributed by atoms with van der Waals surface area (Å²) in [7, 11) is 0. The van der Waals surface area contributed by atoms with Crippen molar-refractivity contribution in [3.05, 3.63) is 0 Å². The van der Waals surface area contributed by atoms with Gasteiger partial charge in [-0.15, -0.1) is 5.92 Å². The van der Waals surface area contributed by atoms with Crippen LogP contribution in [0.4, 0.5) is 0 Å². The molecule has 1 nitrogen and oxygen atoms in total. The van der Waals surface area contributed by atoms with Crippen LogP contribution in [-0.2, 0) is 0 Å². The van der Waals surface area contributed by atoms with Crippen molar-refractivity contribution >= 4 is 0 Å². The first kappa shape index (κ1) is 9.09. The Labute approximate surface area is 80.5 Å². The van der Waals surface area contributed by atoms with E-state index < -0.39 is 0 Å². The fraction of sp³-hybridized carbons (Fsp3) is 0.833. The Kier molecular flexibility index (Phi) is 2.90. The standard InChI is InChI=1S/C12H18O/c13-12-7-2-1-5-11(12)6-3-4-10-8-9-10/h10-13H,1-2,5-9H2/t11-,12+/m0/s1. The molecule has 2 saturated carbocycles. The predicted molar refractivity (Wildman–Crippen MR) is 53.1 cm³/mol. The lowest BCUT2D eigenvalue weighted by atomic mass is 9.84. The summed E-state index contributed by atoms with van der Waals surface area (Å²) in [5.41, 5.74) is 0. The third kappa shape index (κ3) is 2.74. The zero-order valence-electron chi connectivity index (χ0n) is 8.13. The van der Waals surface area contributed by atoms with E-state index in [1.807, 2.05) is 0 Å². The summed E-state index contributed by atoms with van der Waals surface area (Å²) in [4.78, 5) is 0. The van der Waals surface area contributed by atoms with Crippen LogP contribution in [0.1, 0.15) is 44.9 Å². The smallest absolute Gasteiger partial charge is 0.0577 e. The van der Waals surface area contributed by atoms with E-state index in [4.69, 9.17) is 0 Å². The minimum Gasteiger partial charge on any atom is -0.393 e. The summed E-state index contributed by atoms with van der Waals surface area (Å²) in [6, 6.07) is 0. The molecule has 0 aliphatic heterocycles. The van der Waals surface area contributed by atoms with Crippen molar-refractivity contribution in [1.82, 2.24) is 0 Å². The third-order valence-electron chi connectivity index (χ3n) is 3.12. The van der Waals surface area contributed by atoms with Gasteiger partial charge in [-0.1, -0.05) is 18.8 Å². The van der Waals surface area contributed by atoms with E-state index in [9.17, 15) is 5.11 Å². The van der Waals surface area contributed by atoms with Crippen molar-refractivity contribution in [1.29, 1.82) is 0 Å². The predicted octanol–water partition coefficient (Wildman–Crippen LogP) is 2.34. The van der Waals surface area contributed by atoms with E-state index in [0.29, 0.717) is 11.8 Å². The Balaban J connectivity index is 1.75. The Morgan fingerprint density at radius 3 is 2.54 bits per heavy atom. The van der Waals surface area contributed by atoms with Gasteiger partial charge in [-0.2, -0.15) is 0 Å². The van der Waals surface area contributed by atoms with Gasteiger partial charge in [-0.3, -0.25) is 0 Å². The molecule has 0 spiro atoms. The SMILES string of the molecule is O[C@@H]1CCCC[C@H]1CC#CC1CC1. The van der Waals surface area contributed by atoms with Gasteiger partial charge in [-0.25, -0.2) is 0 Å². The molecule has 72 valence electrons. The maximum absolute atomic E-state index is 9.68. The number of hydrogen-bond donors (Lipinski definition) is 1. The summed E-state index contributed by atoms with van der Waals surface area (Å²) < 4.78 is 0. The van der Waals surface area contributed by atoms with Crippen molar-refractivity contribution in [2.24, 2.45) is 11.8 Å². The van der Waals surface area contributed by atoms with E-state index in [2.05, 4.69) is 11.8 Å². The van der Waals surface area contributed by atoms with Crippen LogP contribution in [-0.4, -0.2) is 11.2 Å². The third-order valence-corrected chi connectivity index (χ3v) is 3.12. The molecule has 13 heavy (non-hydrogen) atoms. The fourth-order valence-electron chi connectivity index (χ4n) is 1.99. The molecule has 2 aliphatic rings. The minimum atomic E-state index is -0.0674. The monoisotopic (exact) mass is 178 g/mol. The minimum absolute atomic E-state index is 0.0674. The van der Waals surface area contributed by atoms with Crippen LogP contribution in [0.3, 0.4) is 0 Å². The Bertz CT molecular complexity index is 219. The number of hydrogen-bond acceptors (Lipinski definition) is 1. The summed E-state index contributed by atoms with van der Waals surface area (Å²) >= 11 is 0. The lowest BCUT2D eigenvalue weighted by Crippen LogP contribution is -2.23. The molecule has 1 N–H and O–H groups in total. The zero-order valence-corrected chi connectivity index (χ0v) is 8.13. The van der Waals surface area contributed by atoms with E-state index in [1.54, 1.807) is 0 Å². The average Bonchev–Trinajstić information content (AvgIpc) is 2.92. The molecule has 1 heteroatoms. The maximum atomic E-state index is 9.68. The summed E-state index contributed by atoms with van der Waals surface area (Å²) in [6.45, 7) is 0. The molecule has 2 aliphatic carbocycles. The van der Waals surface area contributed by atoms with E-state index >= 15 is 0 Å². The molecular weight excluding hydrogens is 160 g/mol. The van der Waals surface area contributed by atoms with Crippen LogP contribution < -0.4 is 0 Å². The maximum Gasteiger partial charge on any atom is 0.0577 e. The fourth-order valence-corrected chi connectivity index (χ4v) is 1.99. The van der Waals surface area contributed by atoms with Gasteiger partial charge in [0.05, 0.1) is 6.10 Å². The molecule has 0 amide bonds. The van der Waals surface area contributed by atoms with Crippen LogP contribution in [0.2, 0.25) is 0 Å². The second kappa shape index (κ2) is 4.15. The summed E-state index contributed by atoms with van der Waals surface area (Å²) in [5, 5.41) is 9.68. The van der Waals surface area contributed by atoms with Crippen LogP contribution >= 0.6 is 0 Å². The number of aliphatic hydroxyl groups excluding tert-OH is 1. The first-order valence-electron chi connectivity index (χ1n) is 5.53. The molecule has 0 heterocycles. The first-order valence-corrected chi connectivity index (χ1v) is 5.53. The lowest BCUT2D eigenvalue weighted by Gasteiger charge is -2.25. The van der Waals surface area contributed by atoms with Crippen LogP contribution in [0.15, 0.2) is 0 Å². The van der Waals surface area contributed by atoms with Crippen LogP contribution in [0, 0.1) is 23.7 Å². The van der Waals surface area contributed by atoms with Crippen LogP contribution in [0.25, 0.3) is 0 Å². The topological polar surface area (TPSA) is 20.2 Å². The van der Waals surface area contributed by atoms with Gasteiger partial charge >= 0.3 is 0 Å². The van der Waals surface area contributed by atoms with E-state index in [0.717, 1.165) is 12.8 Å². The molecule has 2 rings (SSSR count). The average molecular weight is 178 g/mol. The van der Waals surface area contributed by atoms with Gasteiger partial charge in [0.1, 0.15) is 0 Å². The van der Waals surface area contributed by atoms with Crippen molar-refractivity contribution in [3.63, 3.8) is 0 Å². The Hall–Kier alpha value is -0.480. The molecule has 2 fully saturated rings. The number of rotatable bonds is 1. The second-order valence-corrected chi connectivity index (χ2v) is 4.41. The molecule has 0 saturated heterocycles.